The van der Waals surface area contributed by atoms with Crippen LogP contribution in [0.25, 0.3) is 0 Å². The van der Waals surface area contributed by atoms with Crippen molar-refractivity contribution in [3.8, 4) is 0 Å². The van der Waals surface area contributed by atoms with Crippen LogP contribution < -0.4 is 22.5 Å². The van der Waals surface area contributed by atoms with Crippen molar-refractivity contribution in [1.82, 2.24) is 0 Å². The fraction of sp³-hybridized carbons (Fsp3) is 0.0625. The summed E-state index contributed by atoms with van der Waals surface area (Å²) in [6, 6.07) is 13.4. The Hall–Kier alpha value is -3.55. The molecule has 124 valence electrons. The SMILES string of the molecule is NC(=O)OCc1ccc(NC(=O)c2ccc(N=C(N)N)cc2)cc1. The molecule has 2 aromatic rings. The number of amides is 2. The van der Waals surface area contributed by atoms with Gasteiger partial charge in [0.1, 0.15) is 6.61 Å². The van der Waals surface area contributed by atoms with Crippen molar-refractivity contribution in [2.45, 2.75) is 6.61 Å². The lowest BCUT2D eigenvalue weighted by atomic mass is 10.1. The zero-order valence-electron chi connectivity index (χ0n) is 12.7. The number of nitrogens with zero attached hydrogens (tertiary/aromatic N) is 1. The third-order valence-corrected chi connectivity index (χ3v) is 2.98. The summed E-state index contributed by atoms with van der Waals surface area (Å²) in [7, 11) is 0. The molecule has 0 radical (unpaired) electrons. The number of rotatable bonds is 5. The van der Waals surface area contributed by atoms with Crippen LogP contribution in [-0.2, 0) is 11.3 Å². The molecular weight excluding hydrogens is 310 g/mol. The lowest BCUT2D eigenvalue weighted by Gasteiger charge is -2.07. The molecule has 0 aliphatic heterocycles. The van der Waals surface area contributed by atoms with Gasteiger partial charge in [0.05, 0.1) is 5.69 Å². The van der Waals surface area contributed by atoms with E-state index in [0.717, 1.165) is 5.56 Å². The van der Waals surface area contributed by atoms with Gasteiger partial charge in [-0.15, -0.1) is 0 Å². The average molecular weight is 327 g/mol. The molecule has 0 aliphatic carbocycles. The highest BCUT2D eigenvalue weighted by molar-refractivity contribution is 6.04. The molecule has 0 aromatic heterocycles. The fourth-order valence-corrected chi connectivity index (χ4v) is 1.88. The molecule has 0 heterocycles. The third-order valence-electron chi connectivity index (χ3n) is 2.98. The van der Waals surface area contributed by atoms with Gasteiger partial charge in [0.2, 0.25) is 0 Å². The molecule has 0 aliphatic rings. The van der Waals surface area contributed by atoms with E-state index in [0.29, 0.717) is 16.9 Å². The van der Waals surface area contributed by atoms with E-state index in [-0.39, 0.29) is 18.5 Å². The predicted molar refractivity (Wildman–Crippen MR) is 90.7 cm³/mol. The minimum absolute atomic E-state index is 0.0485. The van der Waals surface area contributed by atoms with Gasteiger partial charge in [-0.1, -0.05) is 12.1 Å². The first-order valence-electron chi connectivity index (χ1n) is 6.96. The van der Waals surface area contributed by atoms with Gasteiger partial charge in [-0.05, 0) is 42.0 Å². The molecule has 0 bridgehead atoms. The Morgan fingerprint density at radius 2 is 1.58 bits per heavy atom. The molecule has 0 saturated carbocycles. The molecule has 0 unspecified atom stereocenters. The zero-order chi connectivity index (χ0) is 17.5. The Bertz CT molecular complexity index is 750. The summed E-state index contributed by atoms with van der Waals surface area (Å²) >= 11 is 0. The molecule has 2 amide bonds. The van der Waals surface area contributed by atoms with E-state index in [1.54, 1.807) is 48.5 Å². The molecule has 24 heavy (non-hydrogen) atoms. The second kappa shape index (κ2) is 7.63. The second-order valence-corrected chi connectivity index (χ2v) is 4.84. The van der Waals surface area contributed by atoms with Crippen LogP contribution in [0.15, 0.2) is 53.5 Å². The standard InChI is InChI=1S/C16H17N5O3/c17-15(18)21-13-7-3-11(4-8-13)14(22)20-12-5-1-10(2-6-12)9-24-16(19)23/h1-8H,9H2,(H2,19,23)(H,20,22)(H4,17,18,21). The van der Waals surface area contributed by atoms with Crippen LogP contribution in [0.4, 0.5) is 16.2 Å². The summed E-state index contributed by atoms with van der Waals surface area (Å²) in [6.07, 6.45) is -0.837. The number of anilines is 1. The van der Waals surface area contributed by atoms with Crippen molar-refractivity contribution in [1.29, 1.82) is 0 Å². The number of ether oxygens (including phenoxy) is 1. The first kappa shape index (κ1) is 16.8. The topological polar surface area (TPSA) is 146 Å². The Morgan fingerprint density at radius 1 is 0.958 bits per heavy atom. The van der Waals surface area contributed by atoms with Crippen LogP contribution in [0.5, 0.6) is 0 Å². The van der Waals surface area contributed by atoms with E-state index < -0.39 is 6.09 Å². The molecule has 2 aromatic carbocycles. The number of primary amides is 1. The fourth-order valence-electron chi connectivity index (χ4n) is 1.88. The summed E-state index contributed by atoms with van der Waals surface area (Å²) in [5.41, 5.74) is 17.9. The minimum Gasteiger partial charge on any atom is -0.445 e. The molecule has 0 atom stereocenters. The Kier molecular flexibility index (Phi) is 5.35. The van der Waals surface area contributed by atoms with Gasteiger partial charge in [0.25, 0.3) is 5.91 Å². The summed E-state index contributed by atoms with van der Waals surface area (Å²) in [5, 5.41) is 2.75. The van der Waals surface area contributed by atoms with Crippen LogP contribution in [0.3, 0.4) is 0 Å². The van der Waals surface area contributed by atoms with E-state index in [1.807, 2.05) is 0 Å². The normalized spacial score (nSPS) is 9.83. The molecule has 8 nitrogen and oxygen atoms in total. The highest BCUT2D eigenvalue weighted by atomic mass is 16.5. The maximum atomic E-state index is 12.2. The van der Waals surface area contributed by atoms with E-state index >= 15 is 0 Å². The van der Waals surface area contributed by atoms with Crippen LogP contribution in [-0.4, -0.2) is 18.0 Å². The Morgan fingerprint density at radius 3 is 2.12 bits per heavy atom. The number of aliphatic imine (C=N–C) groups is 1. The second-order valence-electron chi connectivity index (χ2n) is 4.84. The largest absolute Gasteiger partial charge is 0.445 e. The predicted octanol–water partition coefficient (Wildman–Crippen LogP) is 1.44. The molecule has 8 heteroatoms. The van der Waals surface area contributed by atoms with Crippen LogP contribution in [0.1, 0.15) is 15.9 Å². The van der Waals surface area contributed by atoms with E-state index in [1.165, 1.54) is 0 Å². The van der Waals surface area contributed by atoms with Crippen molar-refractivity contribution in [2.75, 3.05) is 5.32 Å². The number of hydrogen-bond donors (Lipinski definition) is 4. The van der Waals surface area contributed by atoms with Gasteiger partial charge in [0.15, 0.2) is 5.96 Å². The number of guanidine groups is 1. The summed E-state index contributed by atoms with van der Waals surface area (Å²) in [6.45, 7) is 0.0792. The lowest BCUT2D eigenvalue weighted by molar-refractivity contribution is 0.102. The van der Waals surface area contributed by atoms with Crippen LogP contribution in [0.2, 0.25) is 0 Å². The lowest BCUT2D eigenvalue weighted by Crippen LogP contribution is -2.21. The Balaban J connectivity index is 1.98. The zero-order valence-corrected chi connectivity index (χ0v) is 12.7. The molecule has 7 N–H and O–H groups in total. The first-order valence-corrected chi connectivity index (χ1v) is 6.96. The molecule has 2 rings (SSSR count). The number of benzene rings is 2. The maximum Gasteiger partial charge on any atom is 0.404 e. The van der Waals surface area contributed by atoms with Gasteiger partial charge in [-0.3, -0.25) is 4.79 Å². The van der Waals surface area contributed by atoms with Gasteiger partial charge in [-0.2, -0.15) is 0 Å². The number of nitrogens with one attached hydrogen (secondary N) is 1. The monoisotopic (exact) mass is 327 g/mol. The summed E-state index contributed by atoms with van der Waals surface area (Å²) in [5.74, 6) is -0.319. The smallest absolute Gasteiger partial charge is 0.404 e. The quantitative estimate of drug-likeness (QED) is 0.485. The van der Waals surface area contributed by atoms with E-state index in [9.17, 15) is 9.59 Å². The highest BCUT2D eigenvalue weighted by Gasteiger charge is 2.06. The van der Waals surface area contributed by atoms with Crippen molar-refractivity contribution in [3.63, 3.8) is 0 Å². The molecule has 0 spiro atoms. The first-order chi connectivity index (χ1) is 11.4. The van der Waals surface area contributed by atoms with E-state index in [4.69, 9.17) is 17.2 Å². The maximum absolute atomic E-state index is 12.2. The number of carbonyl (C=O) groups is 2. The van der Waals surface area contributed by atoms with Gasteiger partial charge < -0.3 is 27.3 Å². The number of nitrogens with two attached hydrogens (primary N) is 3. The minimum atomic E-state index is -0.837. The van der Waals surface area contributed by atoms with Gasteiger partial charge in [-0.25, -0.2) is 9.79 Å². The summed E-state index contributed by atoms with van der Waals surface area (Å²) < 4.78 is 4.68. The molecule has 0 fully saturated rings. The Labute approximate surface area is 138 Å². The van der Waals surface area contributed by atoms with Crippen molar-refractivity contribution in [3.05, 3.63) is 59.7 Å². The van der Waals surface area contributed by atoms with E-state index in [2.05, 4.69) is 15.0 Å². The van der Waals surface area contributed by atoms with Crippen molar-refractivity contribution < 1.29 is 14.3 Å². The van der Waals surface area contributed by atoms with Gasteiger partial charge >= 0.3 is 6.09 Å². The molecular formula is C16H17N5O3. The highest BCUT2D eigenvalue weighted by Crippen LogP contribution is 2.15. The average Bonchev–Trinajstić information content (AvgIpc) is 2.54. The summed E-state index contributed by atoms with van der Waals surface area (Å²) in [4.78, 5) is 26.6. The van der Waals surface area contributed by atoms with Crippen LogP contribution >= 0.6 is 0 Å². The number of carbonyl (C=O) groups excluding carboxylic acids is 2. The number of hydrogen-bond acceptors (Lipinski definition) is 4. The molecule has 0 saturated heterocycles. The van der Waals surface area contributed by atoms with Gasteiger partial charge in [0, 0.05) is 11.3 Å². The third kappa shape index (κ3) is 5.02. The van der Waals surface area contributed by atoms with Crippen molar-refractivity contribution in [2.24, 2.45) is 22.2 Å². The van der Waals surface area contributed by atoms with Crippen LogP contribution in [0, 0.1) is 0 Å². The van der Waals surface area contributed by atoms with Crippen molar-refractivity contribution >= 4 is 29.3 Å².